The molecule has 1 unspecified atom stereocenters. The average molecular weight is 449 g/mol. The number of nitrogens with two attached hydrogens (primary N) is 1. The normalized spacial score (nSPS) is 14.4. The largest absolute Gasteiger partial charge is 0.490 e. The van der Waals surface area contributed by atoms with E-state index < -0.39 is 11.7 Å². The maximum atomic E-state index is 13.7. The third-order valence-corrected chi connectivity index (χ3v) is 4.94. The van der Waals surface area contributed by atoms with Crippen LogP contribution in [0.4, 0.5) is 13.2 Å². The first-order chi connectivity index (χ1) is 12.5. The molecular weight excluding hydrogens is 425 g/mol. The van der Waals surface area contributed by atoms with Gasteiger partial charge in [0.25, 0.3) is 0 Å². The molecule has 8 heteroatoms. The Kier molecular flexibility index (Phi) is 6.97. The lowest BCUT2D eigenvalue weighted by Gasteiger charge is -2.21. The monoisotopic (exact) mass is 448 g/mol. The van der Waals surface area contributed by atoms with Gasteiger partial charge in [-0.3, -0.25) is 0 Å². The number of aromatic nitrogens is 1. The maximum Gasteiger partial charge on any atom is 0.417 e. The van der Waals surface area contributed by atoms with Crippen LogP contribution in [0.3, 0.4) is 0 Å². The van der Waals surface area contributed by atoms with Crippen LogP contribution in [0.2, 0.25) is 0 Å². The van der Waals surface area contributed by atoms with Crippen LogP contribution < -0.4 is 15.2 Å². The number of hydrogen-bond acceptors (Lipinski definition) is 4. The van der Waals surface area contributed by atoms with Crippen molar-refractivity contribution in [3.05, 3.63) is 28.2 Å². The van der Waals surface area contributed by atoms with Crippen molar-refractivity contribution >= 4 is 26.8 Å². The van der Waals surface area contributed by atoms with Gasteiger partial charge in [0, 0.05) is 12.1 Å². The Hall–Kier alpha value is -1.54. The summed E-state index contributed by atoms with van der Waals surface area (Å²) in [5.74, 6) is 0.196. The Morgan fingerprint density at radius 2 is 1.89 bits per heavy atom. The number of rotatable bonds is 7. The minimum atomic E-state index is -4.59. The lowest BCUT2D eigenvalue weighted by molar-refractivity contribution is -0.136. The molecule has 0 amide bonds. The number of pyridine rings is 1. The van der Waals surface area contributed by atoms with E-state index in [1.807, 2.05) is 13.8 Å². The van der Waals surface area contributed by atoms with Gasteiger partial charge in [0.1, 0.15) is 12.4 Å². The van der Waals surface area contributed by atoms with E-state index in [9.17, 15) is 13.2 Å². The standard InChI is InChI=1S/C19H24BrF3N2O2/c1-5-11(4)14(24)9-26-18-13(20)6-7-15-17(18)12(19(21,22)23)8-16(25-15)27-10(2)3/h6-8,10-11,14H,5,9,24H2,1-4H3/t11?,14-/m0/s1. The molecule has 0 aliphatic carbocycles. The molecule has 2 atom stereocenters. The van der Waals surface area contributed by atoms with Gasteiger partial charge in [-0.15, -0.1) is 0 Å². The van der Waals surface area contributed by atoms with Gasteiger partial charge >= 0.3 is 6.18 Å². The van der Waals surface area contributed by atoms with E-state index in [-0.39, 0.29) is 47.2 Å². The van der Waals surface area contributed by atoms with Gasteiger partial charge in [0.05, 0.1) is 27.0 Å². The highest BCUT2D eigenvalue weighted by molar-refractivity contribution is 9.10. The van der Waals surface area contributed by atoms with Gasteiger partial charge in [-0.25, -0.2) is 4.98 Å². The van der Waals surface area contributed by atoms with Crippen molar-refractivity contribution in [1.82, 2.24) is 4.98 Å². The first-order valence-electron chi connectivity index (χ1n) is 8.80. The van der Waals surface area contributed by atoms with Gasteiger partial charge in [0.2, 0.25) is 5.88 Å². The van der Waals surface area contributed by atoms with Crippen molar-refractivity contribution in [3.63, 3.8) is 0 Å². The topological polar surface area (TPSA) is 57.4 Å². The highest BCUT2D eigenvalue weighted by Gasteiger charge is 2.36. The number of halogens is 4. The van der Waals surface area contributed by atoms with E-state index >= 15 is 0 Å². The van der Waals surface area contributed by atoms with E-state index in [1.165, 1.54) is 6.07 Å². The quantitative estimate of drug-likeness (QED) is 0.602. The zero-order valence-electron chi connectivity index (χ0n) is 15.7. The van der Waals surface area contributed by atoms with Crippen LogP contribution in [-0.2, 0) is 6.18 Å². The molecule has 1 aromatic carbocycles. The van der Waals surface area contributed by atoms with E-state index in [4.69, 9.17) is 15.2 Å². The summed E-state index contributed by atoms with van der Waals surface area (Å²) in [7, 11) is 0. The minimum absolute atomic E-state index is 0.0746. The van der Waals surface area contributed by atoms with Crippen LogP contribution in [0.25, 0.3) is 10.9 Å². The van der Waals surface area contributed by atoms with Crippen molar-refractivity contribution < 1.29 is 22.6 Å². The van der Waals surface area contributed by atoms with Crippen LogP contribution in [-0.4, -0.2) is 23.7 Å². The third-order valence-electron chi connectivity index (χ3n) is 4.31. The average Bonchev–Trinajstić information content (AvgIpc) is 2.58. The first kappa shape index (κ1) is 21.8. The number of hydrogen-bond donors (Lipinski definition) is 1. The zero-order chi connectivity index (χ0) is 20.4. The summed E-state index contributed by atoms with van der Waals surface area (Å²) in [6, 6.07) is 3.74. The van der Waals surface area contributed by atoms with Crippen LogP contribution in [0.5, 0.6) is 11.6 Å². The molecule has 0 bridgehead atoms. The van der Waals surface area contributed by atoms with Crippen LogP contribution in [0.1, 0.15) is 39.7 Å². The second-order valence-electron chi connectivity index (χ2n) is 6.80. The van der Waals surface area contributed by atoms with Crippen molar-refractivity contribution in [2.45, 2.75) is 52.4 Å². The molecule has 1 aromatic heterocycles. The summed E-state index contributed by atoms with van der Waals surface area (Å²) in [6.07, 6.45) is -4.03. The van der Waals surface area contributed by atoms with Crippen molar-refractivity contribution in [2.24, 2.45) is 11.7 Å². The summed E-state index contributed by atoms with van der Waals surface area (Å²) < 4.78 is 52.8. The molecule has 0 radical (unpaired) electrons. The highest BCUT2D eigenvalue weighted by Crippen LogP contribution is 2.43. The van der Waals surface area contributed by atoms with Crippen LogP contribution in [0.15, 0.2) is 22.7 Å². The molecular formula is C19H24BrF3N2O2. The van der Waals surface area contributed by atoms with Gasteiger partial charge in [-0.05, 0) is 47.8 Å². The molecule has 2 rings (SSSR count). The molecule has 0 fully saturated rings. The molecule has 0 saturated heterocycles. The van der Waals surface area contributed by atoms with Crippen molar-refractivity contribution in [2.75, 3.05) is 6.61 Å². The first-order valence-corrected chi connectivity index (χ1v) is 9.59. The number of ether oxygens (including phenoxy) is 2. The summed E-state index contributed by atoms with van der Waals surface area (Å²) in [4.78, 5) is 4.22. The van der Waals surface area contributed by atoms with Gasteiger partial charge < -0.3 is 15.2 Å². The molecule has 27 heavy (non-hydrogen) atoms. The van der Waals surface area contributed by atoms with Gasteiger partial charge in [-0.1, -0.05) is 20.3 Å². The summed E-state index contributed by atoms with van der Waals surface area (Å²) in [6.45, 7) is 7.54. The highest BCUT2D eigenvalue weighted by atomic mass is 79.9. The maximum absolute atomic E-state index is 13.7. The fourth-order valence-electron chi connectivity index (χ4n) is 2.56. The number of fused-ring (bicyclic) bond motifs is 1. The van der Waals surface area contributed by atoms with Gasteiger partial charge in [0.15, 0.2) is 0 Å². The fraction of sp³-hybridized carbons (Fsp3) is 0.526. The Labute approximate surface area is 165 Å². The second-order valence-corrected chi connectivity index (χ2v) is 7.66. The molecule has 0 saturated carbocycles. The Balaban J connectivity index is 2.57. The molecule has 0 aliphatic heterocycles. The van der Waals surface area contributed by atoms with Crippen molar-refractivity contribution in [1.29, 1.82) is 0 Å². The zero-order valence-corrected chi connectivity index (χ0v) is 17.3. The molecule has 150 valence electrons. The molecule has 2 aromatic rings. The Bertz CT molecular complexity index is 797. The second kappa shape index (κ2) is 8.65. The third kappa shape index (κ3) is 5.25. The SMILES string of the molecule is CCC(C)[C@@H](N)COc1c(Br)ccc2nc(OC(C)C)cc(C(F)(F)F)c12. The van der Waals surface area contributed by atoms with E-state index in [0.29, 0.717) is 4.47 Å². The van der Waals surface area contributed by atoms with Crippen molar-refractivity contribution in [3.8, 4) is 11.6 Å². The van der Waals surface area contributed by atoms with E-state index in [2.05, 4.69) is 20.9 Å². The Morgan fingerprint density at radius 3 is 2.44 bits per heavy atom. The molecule has 1 heterocycles. The predicted octanol–water partition coefficient (Wildman–Crippen LogP) is 5.56. The summed E-state index contributed by atoms with van der Waals surface area (Å²) in [5.41, 5.74) is 5.37. The number of benzene rings is 1. The molecule has 2 N–H and O–H groups in total. The molecule has 0 spiro atoms. The summed E-state index contributed by atoms with van der Waals surface area (Å²) in [5, 5.41) is -0.107. The molecule has 0 aliphatic rings. The van der Waals surface area contributed by atoms with Crippen LogP contribution >= 0.6 is 15.9 Å². The van der Waals surface area contributed by atoms with Crippen LogP contribution in [0, 0.1) is 5.92 Å². The minimum Gasteiger partial charge on any atom is -0.490 e. The fourth-order valence-corrected chi connectivity index (χ4v) is 3.00. The van der Waals surface area contributed by atoms with E-state index in [0.717, 1.165) is 12.5 Å². The lowest BCUT2D eigenvalue weighted by atomic mass is 10.0. The Morgan fingerprint density at radius 1 is 1.22 bits per heavy atom. The number of nitrogens with zero attached hydrogens (tertiary/aromatic N) is 1. The smallest absolute Gasteiger partial charge is 0.417 e. The van der Waals surface area contributed by atoms with E-state index in [1.54, 1.807) is 19.9 Å². The predicted molar refractivity (Wildman–Crippen MR) is 103 cm³/mol. The van der Waals surface area contributed by atoms with Gasteiger partial charge in [-0.2, -0.15) is 13.2 Å². The molecule has 4 nitrogen and oxygen atoms in total. The number of alkyl halides is 3. The lowest BCUT2D eigenvalue weighted by Crippen LogP contribution is -2.34. The summed E-state index contributed by atoms with van der Waals surface area (Å²) >= 11 is 3.29.